The number of sulfone groups is 1. The second kappa shape index (κ2) is 9.87. The van der Waals surface area contributed by atoms with Gasteiger partial charge in [0.1, 0.15) is 5.82 Å². The average molecular weight is 497 g/mol. The molecule has 5 nitrogen and oxygen atoms in total. The predicted molar refractivity (Wildman–Crippen MR) is 116 cm³/mol. The predicted octanol–water partition coefficient (Wildman–Crippen LogP) is 2.71. The molecule has 1 heterocycles. The van der Waals surface area contributed by atoms with E-state index in [2.05, 4.69) is 15.6 Å². The van der Waals surface area contributed by atoms with Gasteiger partial charge in [0.15, 0.2) is 15.8 Å². The molecule has 148 valence electrons. The third-order valence-electron chi connectivity index (χ3n) is 4.47. The highest BCUT2D eigenvalue weighted by atomic mass is 127. The Kier molecular flexibility index (Phi) is 8.78. The highest BCUT2D eigenvalue weighted by Crippen LogP contribution is 2.24. The largest absolute Gasteiger partial charge is 0.357 e. The molecule has 0 bridgehead atoms. The van der Waals surface area contributed by atoms with E-state index in [-0.39, 0.29) is 52.6 Å². The average Bonchev–Trinajstić information content (AvgIpc) is 2.89. The van der Waals surface area contributed by atoms with Crippen LogP contribution in [0, 0.1) is 11.7 Å². The fraction of sp³-hybridized carbons (Fsp3) is 0.611. The van der Waals surface area contributed by atoms with Gasteiger partial charge in [-0.15, -0.1) is 24.0 Å². The molecule has 1 aromatic rings. The summed E-state index contributed by atoms with van der Waals surface area (Å²) in [5.41, 5.74) is 0.593. The Bertz CT molecular complexity index is 723. The van der Waals surface area contributed by atoms with Crippen molar-refractivity contribution in [2.75, 3.05) is 31.1 Å². The van der Waals surface area contributed by atoms with Crippen LogP contribution in [0.1, 0.15) is 32.8 Å². The number of nitrogens with one attached hydrogen (secondary N) is 2. The lowest BCUT2D eigenvalue weighted by atomic mass is 9.85. The molecule has 1 saturated heterocycles. The van der Waals surface area contributed by atoms with Gasteiger partial charge in [-0.2, -0.15) is 0 Å². The Balaban J connectivity index is 0.00000338. The molecule has 0 aromatic heterocycles. The van der Waals surface area contributed by atoms with E-state index in [4.69, 9.17) is 0 Å². The highest BCUT2D eigenvalue weighted by Gasteiger charge is 2.28. The lowest BCUT2D eigenvalue weighted by Crippen LogP contribution is -2.41. The van der Waals surface area contributed by atoms with Crippen molar-refractivity contribution in [3.8, 4) is 0 Å². The van der Waals surface area contributed by atoms with E-state index in [1.807, 2.05) is 26.8 Å². The maximum Gasteiger partial charge on any atom is 0.191 e. The van der Waals surface area contributed by atoms with Gasteiger partial charge in [0.25, 0.3) is 0 Å². The van der Waals surface area contributed by atoms with E-state index >= 15 is 0 Å². The van der Waals surface area contributed by atoms with Crippen LogP contribution in [0.5, 0.6) is 0 Å². The van der Waals surface area contributed by atoms with Crippen LogP contribution in [0.25, 0.3) is 0 Å². The van der Waals surface area contributed by atoms with Crippen molar-refractivity contribution in [3.05, 3.63) is 35.6 Å². The summed E-state index contributed by atoms with van der Waals surface area (Å²) in [5.74, 6) is 1.07. The SMILES string of the molecule is CCNC(=NCC(C)(C)c1cccc(F)c1)NCC1CCS(=O)(=O)C1.I. The number of rotatable bonds is 6. The molecule has 0 amide bonds. The molecule has 1 fully saturated rings. The van der Waals surface area contributed by atoms with Crippen molar-refractivity contribution in [3.63, 3.8) is 0 Å². The monoisotopic (exact) mass is 497 g/mol. The van der Waals surface area contributed by atoms with Crippen LogP contribution < -0.4 is 10.6 Å². The van der Waals surface area contributed by atoms with Gasteiger partial charge in [-0.1, -0.05) is 26.0 Å². The standard InChI is InChI=1S/C18H28FN3O2S.HI/c1-4-20-17(21-11-14-8-9-25(23,24)12-14)22-13-18(2,3)15-6-5-7-16(19)10-15;/h5-7,10,14H,4,8-9,11-13H2,1-3H3,(H2,20,21,22);1H. The first-order valence-electron chi connectivity index (χ1n) is 8.70. The fourth-order valence-corrected chi connectivity index (χ4v) is 4.76. The smallest absolute Gasteiger partial charge is 0.191 e. The molecule has 1 atom stereocenters. The van der Waals surface area contributed by atoms with E-state index in [1.54, 1.807) is 12.1 Å². The number of guanidine groups is 1. The van der Waals surface area contributed by atoms with Crippen molar-refractivity contribution in [1.29, 1.82) is 0 Å². The van der Waals surface area contributed by atoms with Crippen LogP contribution in [-0.2, 0) is 15.3 Å². The molecular weight excluding hydrogens is 468 g/mol. The first-order valence-corrected chi connectivity index (χ1v) is 10.5. The van der Waals surface area contributed by atoms with E-state index in [9.17, 15) is 12.8 Å². The summed E-state index contributed by atoms with van der Waals surface area (Å²) in [6, 6.07) is 6.59. The molecule has 0 radical (unpaired) electrons. The zero-order chi connectivity index (χ0) is 18.5. The minimum atomic E-state index is -2.87. The summed E-state index contributed by atoms with van der Waals surface area (Å²) in [6.07, 6.45) is 0.698. The highest BCUT2D eigenvalue weighted by molar-refractivity contribution is 14.0. The second-order valence-corrected chi connectivity index (χ2v) is 9.47. The van der Waals surface area contributed by atoms with E-state index < -0.39 is 9.84 Å². The Morgan fingerprint density at radius 1 is 1.35 bits per heavy atom. The van der Waals surface area contributed by atoms with Crippen molar-refractivity contribution in [2.24, 2.45) is 10.9 Å². The number of nitrogens with zero attached hydrogens (tertiary/aromatic N) is 1. The Morgan fingerprint density at radius 2 is 2.08 bits per heavy atom. The Hall–Kier alpha value is -0.900. The van der Waals surface area contributed by atoms with Crippen molar-refractivity contribution in [2.45, 2.75) is 32.6 Å². The summed E-state index contributed by atoms with van der Waals surface area (Å²) in [6.45, 7) is 7.83. The van der Waals surface area contributed by atoms with Crippen LogP contribution in [0.15, 0.2) is 29.3 Å². The number of halogens is 2. The quantitative estimate of drug-likeness (QED) is 0.360. The van der Waals surface area contributed by atoms with Crippen LogP contribution in [-0.4, -0.2) is 45.5 Å². The van der Waals surface area contributed by atoms with Gasteiger partial charge in [0.05, 0.1) is 18.1 Å². The zero-order valence-electron chi connectivity index (χ0n) is 15.6. The number of aliphatic imine (C=N–C) groups is 1. The molecule has 1 aliphatic rings. The molecular formula is C18H29FIN3O2S. The molecule has 1 aliphatic heterocycles. The number of hydrogen-bond donors (Lipinski definition) is 2. The summed E-state index contributed by atoms with van der Waals surface area (Å²) >= 11 is 0. The van der Waals surface area contributed by atoms with Gasteiger partial charge in [-0.25, -0.2) is 12.8 Å². The first kappa shape index (κ1) is 23.1. The minimum absolute atomic E-state index is 0. The summed E-state index contributed by atoms with van der Waals surface area (Å²) in [7, 11) is -2.87. The molecule has 2 N–H and O–H groups in total. The lowest BCUT2D eigenvalue weighted by molar-refractivity contribution is 0.526. The summed E-state index contributed by atoms with van der Waals surface area (Å²) < 4.78 is 36.6. The van der Waals surface area contributed by atoms with Crippen LogP contribution in [0.4, 0.5) is 4.39 Å². The fourth-order valence-electron chi connectivity index (χ4n) is 2.89. The lowest BCUT2D eigenvalue weighted by Gasteiger charge is -2.24. The zero-order valence-corrected chi connectivity index (χ0v) is 18.7. The molecule has 2 rings (SSSR count). The van der Waals surface area contributed by atoms with Gasteiger partial charge in [0, 0.05) is 18.5 Å². The summed E-state index contributed by atoms with van der Waals surface area (Å²) in [4.78, 5) is 4.61. The van der Waals surface area contributed by atoms with Gasteiger partial charge < -0.3 is 10.6 Å². The molecule has 0 saturated carbocycles. The maximum atomic E-state index is 13.5. The Labute approximate surface area is 173 Å². The molecule has 1 aromatic carbocycles. The normalized spacial score (nSPS) is 19.7. The first-order chi connectivity index (χ1) is 11.7. The van der Waals surface area contributed by atoms with Crippen LogP contribution >= 0.6 is 24.0 Å². The molecule has 0 spiro atoms. The molecule has 1 unspecified atom stereocenters. The van der Waals surface area contributed by atoms with Crippen molar-refractivity contribution >= 4 is 39.8 Å². The van der Waals surface area contributed by atoms with Crippen molar-refractivity contribution < 1.29 is 12.8 Å². The molecule has 26 heavy (non-hydrogen) atoms. The second-order valence-electron chi connectivity index (χ2n) is 7.24. The third kappa shape index (κ3) is 7.02. The topological polar surface area (TPSA) is 70.6 Å². The summed E-state index contributed by atoms with van der Waals surface area (Å²) in [5, 5.41) is 6.41. The van der Waals surface area contributed by atoms with Gasteiger partial charge >= 0.3 is 0 Å². The van der Waals surface area contributed by atoms with Gasteiger partial charge in [-0.05, 0) is 37.0 Å². The van der Waals surface area contributed by atoms with E-state index in [1.165, 1.54) is 6.07 Å². The maximum absolute atomic E-state index is 13.5. The van der Waals surface area contributed by atoms with E-state index in [0.717, 1.165) is 12.1 Å². The minimum Gasteiger partial charge on any atom is -0.357 e. The number of hydrogen-bond acceptors (Lipinski definition) is 3. The van der Waals surface area contributed by atoms with Crippen LogP contribution in [0.3, 0.4) is 0 Å². The van der Waals surface area contributed by atoms with E-state index in [0.29, 0.717) is 25.5 Å². The van der Waals surface area contributed by atoms with Gasteiger partial charge in [-0.3, -0.25) is 4.99 Å². The Morgan fingerprint density at radius 3 is 2.65 bits per heavy atom. The number of benzene rings is 1. The molecule has 8 heteroatoms. The van der Waals surface area contributed by atoms with Gasteiger partial charge in [0.2, 0.25) is 0 Å². The van der Waals surface area contributed by atoms with Crippen LogP contribution in [0.2, 0.25) is 0 Å². The molecule has 0 aliphatic carbocycles. The van der Waals surface area contributed by atoms with Crippen molar-refractivity contribution in [1.82, 2.24) is 10.6 Å². The third-order valence-corrected chi connectivity index (χ3v) is 6.30.